The predicted molar refractivity (Wildman–Crippen MR) is 74.1 cm³/mol. The molecule has 1 saturated heterocycles. The van der Waals surface area contributed by atoms with Crippen LogP contribution in [0.2, 0.25) is 5.15 Å². The normalized spacial score (nSPS) is 20.1. The van der Waals surface area contributed by atoms with Gasteiger partial charge in [-0.25, -0.2) is 13.4 Å². The lowest BCUT2D eigenvalue weighted by molar-refractivity contribution is -0.117. The summed E-state index contributed by atoms with van der Waals surface area (Å²) < 4.78 is 22.1. The van der Waals surface area contributed by atoms with Gasteiger partial charge < -0.3 is 4.90 Å². The number of carbonyl (C=O) groups is 1. The van der Waals surface area contributed by atoms with Crippen LogP contribution in [0.3, 0.4) is 0 Å². The molecule has 1 aliphatic heterocycles. The SMILES string of the molecule is Cc1nc(Cl)ccc1N1CC(CS(=O)(=O)Cl)CC1=O. The van der Waals surface area contributed by atoms with Gasteiger partial charge in [0.05, 0.1) is 17.1 Å². The smallest absolute Gasteiger partial charge is 0.232 e. The highest BCUT2D eigenvalue weighted by Crippen LogP contribution is 2.29. The Bertz CT molecular complexity index is 618. The van der Waals surface area contributed by atoms with Crippen molar-refractivity contribution in [2.45, 2.75) is 13.3 Å². The summed E-state index contributed by atoms with van der Waals surface area (Å²) >= 11 is 5.76. The zero-order chi connectivity index (χ0) is 14.2. The van der Waals surface area contributed by atoms with E-state index in [2.05, 4.69) is 4.98 Å². The summed E-state index contributed by atoms with van der Waals surface area (Å²) in [6.45, 7) is 2.08. The molecule has 0 N–H and O–H groups in total. The molecular weight excluding hydrogens is 311 g/mol. The molecule has 19 heavy (non-hydrogen) atoms. The minimum absolute atomic E-state index is 0.127. The monoisotopic (exact) mass is 322 g/mol. The van der Waals surface area contributed by atoms with Crippen LogP contribution in [-0.4, -0.2) is 31.6 Å². The lowest BCUT2D eigenvalue weighted by Crippen LogP contribution is -2.26. The molecule has 0 bridgehead atoms. The molecule has 104 valence electrons. The first kappa shape index (κ1) is 14.6. The van der Waals surface area contributed by atoms with E-state index in [0.29, 0.717) is 23.1 Å². The number of aryl methyl sites for hydroxylation is 1. The Morgan fingerprint density at radius 2 is 2.16 bits per heavy atom. The molecule has 1 aliphatic rings. The van der Waals surface area contributed by atoms with Crippen LogP contribution < -0.4 is 4.90 Å². The van der Waals surface area contributed by atoms with Crippen molar-refractivity contribution in [3.05, 3.63) is 23.0 Å². The molecule has 0 saturated carbocycles. The minimum atomic E-state index is -3.60. The molecule has 8 heteroatoms. The van der Waals surface area contributed by atoms with Gasteiger partial charge in [0, 0.05) is 29.6 Å². The molecule has 1 unspecified atom stereocenters. The molecular formula is C11H12Cl2N2O3S. The van der Waals surface area contributed by atoms with Gasteiger partial charge in [-0.1, -0.05) is 11.6 Å². The van der Waals surface area contributed by atoms with Gasteiger partial charge in [-0.2, -0.15) is 0 Å². The number of amides is 1. The Balaban J connectivity index is 2.20. The van der Waals surface area contributed by atoms with Gasteiger partial charge in [0.15, 0.2) is 0 Å². The van der Waals surface area contributed by atoms with Gasteiger partial charge in [0.25, 0.3) is 0 Å². The number of hydrogen-bond donors (Lipinski definition) is 0. The molecule has 1 fully saturated rings. The number of anilines is 1. The number of hydrogen-bond acceptors (Lipinski definition) is 4. The van der Waals surface area contributed by atoms with E-state index in [1.807, 2.05) is 0 Å². The maximum atomic E-state index is 11.9. The van der Waals surface area contributed by atoms with Crippen LogP contribution in [-0.2, 0) is 13.8 Å². The van der Waals surface area contributed by atoms with Crippen LogP contribution in [0.1, 0.15) is 12.1 Å². The van der Waals surface area contributed by atoms with E-state index in [1.54, 1.807) is 19.1 Å². The van der Waals surface area contributed by atoms with Crippen LogP contribution >= 0.6 is 22.3 Å². The van der Waals surface area contributed by atoms with E-state index in [1.165, 1.54) is 4.90 Å². The van der Waals surface area contributed by atoms with Crippen LogP contribution in [0, 0.1) is 12.8 Å². The highest BCUT2D eigenvalue weighted by Gasteiger charge is 2.33. The summed E-state index contributed by atoms with van der Waals surface area (Å²) in [5.74, 6) is -0.612. The van der Waals surface area contributed by atoms with Crippen molar-refractivity contribution >= 4 is 42.9 Å². The number of carbonyl (C=O) groups excluding carboxylic acids is 1. The van der Waals surface area contributed by atoms with Crippen LogP contribution in [0.15, 0.2) is 12.1 Å². The lowest BCUT2D eigenvalue weighted by Gasteiger charge is -2.18. The molecule has 0 radical (unpaired) electrons. The first-order chi connectivity index (χ1) is 8.76. The second-order valence-electron chi connectivity index (χ2n) is 4.52. The summed E-state index contributed by atoms with van der Waals surface area (Å²) in [6, 6.07) is 3.31. The van der Waals surface area contributed by atoms with Crippen molar-refractivity contribution in [1.29, 1.82) is 0 Å². The van der Waals surface area contributed by atoms with E-state index in [0.717, 1.165) is 0 Å². The van der Waals surface area contributed by atoms with Gasteiger partial charge in [0.1, 0.15) is 5.15 Å². The summed E-state index contributed by atoms with van der Waals surface area (Å²) in [5.41, 5.74) is 1.29. The van der Waals surface area contributed by atoms with E-state index in [9.17, 15) is 13.2 Å². The molecule has 1 atom stereocenters. The van der Waals surface area contributed by atoms with Gasteiger partial charge in [0.2, 0.25) is 15.0 Å². The second-order valence-corrected chi connectivity index (χ2v) is 7.73. The third kappa shape index (κ3) is 3.58. The first-order valence-electron chi connectivity index (χ1n) is 5.62. The third-order valence-electron chi connectivity index (χ3n) is 2.95. The Labute approximate surface area is 120 Å². The molecule has 0 aromatic carbocycles. The fourth-order valence-electron chi connectivity index (χ4n) is 2.22. The van der Waals surface area contributed by atoms with Gasteiger partial charge in [-0.05, 0) is 19.1 Å². The molecule has 1 aromatic rings. The van der Waals surface area contributed by atoms with Crippen molar-refractivity contribution in [3.8, 4) is 0 Å². The van der Waals surface area contributed by atoms with Crippen molar-refractivity contribution in [3.63, 3.8) is 0 Å². The highest BCUT2D eigenvalue weighted by atomic mass is 35.7. The predicted octanol–water partition coefficient (Wildman–Crippen LogP) is 1.96. The average Bonchev–Trinajstić information content (AvgIpc) is 2.56. The Morgan fingerprint density at radius 1 is 1.47 bits per heavy atom. The third-order valence-corrected chi connectivity index (χ3v) is 4.41. The molecule has 5 nitrogen and oxygen atoms in total. The lowest BCUT2D eigenvalue weighted by atomic mass is 10.1. The van der Waals surface area contributed by atoms with Gasteiger partial charge in [-0.15, -0.1) is 0 Å². The molecule has 1 amide bonds. The quantitative estimate of drug-likeness (QED) is 0.630. The fourth-order valence-corrected chi connectivity index (χ4v) is 3.73. The van der Waals surface area contributed by atoms with Crippen LogP contribution in [0.25, 0.3) is 0 Å². The zero-order valence-corrected chi connectivity index (χ0v) is 12.5. The maximum Gasteiger partial charge on any atom is 0.232 e. The number of rotatable bonds is 3. The van der Waals surface area contributed by atoms with Gasteiger partial charge in [-0.3, -0.25) is 4.79 Å². The first-order valence-corrected chi connectivity index (χ1v) is 8.48. The van der Waals surface area contributed by atoms with Gasteiger partial charge >= 0.3 is 0 Å². The van der Waals surface area contributed by atoms with Crippen molar-refractivity contribution < 1.29 is 13.2 Å². The van der Waals surface area contributed by atoms with Crippen molar-refractivity contribution in [1.82, 2.24) is 4.98 Å². The molecule has 1 aromatic heterocycles. The Morgan fingerprint density at radius 3 is 2.74 bits per heavy atom. The maximum absolute atomic E-state index is 11.9. The number of nitrogens with zero attached hydrogens (tertiary/aromatic N) is 2. The van der Waals surface area contributed by atoms with Crippen LogP contribution in [0.5, 0.6) is 0 Å². The van der Waals surface area contributed by atoms with E-state index < -0.39 is 9.05 Å². The summed E-state index contributed by atoms with van der Waals surface area (Å²) in [7, 11) is 1.62. The topological polar surface area (TPSA) is 67.3 Å². The largest absolute Gasteiger partial charge is 0.310 e. The fraction of sp³-hybridized carbons (Fsp3) is 0.455. The van der Waals surface area contributed by atoms with E-state index >= 15 is 0 Å². The minimum Gasteiger partial charge on any atom is -0.310 e. The Kier molecular flexibility index (Phi) is 4.03. The average molecular weight is 323 g/mol. The summed E-state index contributed by atoms with van der Waals surface area (Å²) in [4.78, 5) is 17.5. The molecule has 0 aliphatic carbocycles. The summed E-state index contributed by atoms with van der Waals surface area (Å²) in [5, 5.41) is 0.354. The number of pyridine rings is 1. The highest BCUT2D eigenvalue weighted by molar-refractivity contribution is 8.13. The number of aromatic nitrogens is 1. The molecule has 0 spiro atoms. The second kappa shape index (κ2) is 5.26. The number of halogens is 2. The molecule has 2 heterocycles. The van der Waals surface area contributed by atoms with Crippen molar-refractivity contribution in [2.75, 3.05) is 17.2 Å². The van der Waals surface area contributed by atoms with Crippen molar-refractivity contribution in [2.24, 2.45) is 5.92 Å². The van der Waals surface area contributed by atoms with E-state index in [4.69, 9.17) is 22.3 Å². The summed E-state index contributed by atoms with van der Waals surface area (Å²) in [6.07, 6.45) is 0.175. The van der Waals surface area contributed by atoms with E-state index in [-0.39, 0.29) is 24.0 Å². The zero-order valence-electron chi connectivity index (χ0n) is 10.1. The standard InChI is InChI=1S/C11H12Cl2N2O3S/c1-7-9(2-3-10(12)14-7)15-5-8(4-11(15)16)6-19(13,17)18/h2-3,8H,4-6H2,1H3. The Hall–Kier alpha value is -0.850. The molecule has 2 rings (SSSR count). The van der Waals surface area contributed by atoms with Crippen LogP contribution in [0.4, 0.5) is 5.69 Å².